The summed E-state index contributed by atoms with van der Waals surface area (Å²) in [4.78, 5) is 8.99. The van der Waals surface area contributed by atoms with Gasteiger partial charge in [0.2, 0.25) is 5.95 Å². The number of hydrogen-bond donors (Lipinski definition) is 0. The minimum absolute atomic E-state index is 0.432. The van der Waals surface area contributed by atoms with Crippen molar-refractivity contribution in [1.82, 2.24) is 9.55 Å². The fourth-order valence-corrected chi connectivity index (χ4v) is 2.24. The third kappa shape index (κ3) is 1.44. The number of hydrogen-bond acceptors (Lipinski definition) is 3. The lowest BCUT2D eigenvalue weighted by molar-refractivity contribution is 0.0135. The highest BCUT2D eigenvalue weighted by Gasteiger charge is 2.32. The Bertz CT molecular complexity index is 610. The first-order valence-electron chi connectivity index (χ1n) is 5.86. The van der Waals surface area contributed by atoms with Crippen LogP contribution in [0.4, 0.5) is 5.95 Å². The zero-order valence-electron chi connectivity index (χ0n) is 10.3. The molecule has 3 rings (SSSR count). The molecule has 1 aromatic heterocycles. The smallest absolute Gasteiger partial charge is 0.236 e. The molecule has 1 aliphatic heterocycles. The molecule has 0 radical (unpaired) electrons. The standard InChI is InChI=1S/C13H15N3O/c1-4-11-15-12-14-9-7-5-6-8-10(9)16(12)13(2,3)17-11/h5-8H,4H2,1-3H3. The molecule has 2 aromatic rings. The van der Waals surface area contributed by atoms with Crippen molar-refractivity contribution in [2.75, 3.05) is 0 Å². The Morgan fingerprint density at radius 3 is 2.82 bits per heavy atom. The van der Waals surface area contributed by atoms with E-state index in [4.69, 9.17) is 4.74 Å². The van der Waals surface area contributed by atoms with Crippen molar-refractivity contribution < 1.29 is 4.74 Å². The molecule has 1 aromatic carbocycles. The van der Waals surface area contributed by atoms with Gasteiger partial charge >= 0.3 is 0 Å². The fraction of sp³-hybridized carbons (Fsp3) is 0.385. The lowest BCUT2D eigenvalue weighted by atomic mass is 10.2. The second-order valence-corrected chi connectivity index (χ2v) is 4.64. The van der Waals surface area contributed by atoms with Gasteiger partial charge in [0.25, 0.3) is 0 Å². The number of rotatable bonds is 1. The number of nitrogens with zero attached hydrogens (tertiary/aromatic N) is 3. The Hall–Kier alpha value is -1.84. The van der Waals surface area contributed by atoms with Crippen molar-refractivity contribution in [3.8, 4) is 0 Å². The lowest BCUT2D eigenvalue weighted by Gasteiger charge is -2.32. The van der Waals surface area contributed by atoms with Gasteiger partial charge in [-0.25, -0.2) is 4.98 Å². The van der Waals surface area contributed by atoms with Crippen LogP contribution in [0.5, 0.6) is 0 Å². The van der Waals surface area contributed by atoms with Crippen molar-refractivity contribution in [2.45, 2.75) is 32.9 Å². The Morgan fingerprint density at radius 2 is 2.06 bits per heavy atom. The zero-order chi connectivity index (χ0) is 12.0. The molecule has 0 spiro atoms. The maximum absolute atomic E-state index is 5.89. The van der Waals surface area contributed by atoms with Crippen molar-refractivity contribution in [3.05, 3.63) is 24.3 Å². The van der Waals surface area contributed by atoms with Crippen LogP contribution in [0.2, 0.25) is 0 Å². The molecule has 0 amide bonds. The zero-order valence-corrected chi connectivity index (χ0v) is 10.3. The van der Waals surface area contributed by atoms with E-state index in [2.05, 4.69) is 9.98 Å². The summed E-state index contributed by atoms with van der Waals surface area (Å²) in [6.07, 6.45) is 0.784. The minimum Gasteiger partial charge on any atom is -0.455 e. The molecule has 0 bridgehead atoms. The van der Waals surface area contributed by atoms with Crippen molar-refractivity contribution >= 4 is 22.9 Å². The molecule has 4 heteroatoms. The van der Waals surface area contributed by atoms with Crippen LogP contribution in [0.25, 0.3) is 11.0 Å². The number of benzene rings is 1. The number of imidazole rings is 1. The first kappa shape index (κ1) is 10.3. The van der Waals surface area contributed by atoms with E-state index in [9.17, 15) is 0 Å². The monoisotopic (exact) mass is 229 g/mol. The van der Waals surface area contributed by atoms with E-state index in [1.807, 2.05) is 49.6 Å². The Labute approximate surface area is 99.9 Å². The number of fused-ring (bicyclic) bond motifs is 3. The molecule has 17 heavy (non-hydrogen) atoms. The summed E-state index contributed by atoms with van der Waals surface area (Å²) in [5.74, 6) is 1.48. The van der Waals surface area contributed by atoms with Crippen molar-refractivity contribution in [3.63, 3.8) is 0 Å². The highest BCUT2D eigenvalue weighted by molar-refractivity contribution is 5.84. The van der Waals surface area contributed by atoms with Gasteiger partial charge in [-0.2, -0.15) is 4.99 Å². The van der Waals surface area contributed by atoms with E-state index in [0.717, 1.165) is 29.3 Å². The van der Waals surface area contributed by atoms with Crippen molar-refractivity contribution in [2.24, 2.45) is 4.99 Å². The van der Waals surface area contributed by atoms with Gasteiger partial charge in [-0.3, -0.25) is 4.57 Å². The van der Waals surface area contributed by atoms with Gasteiger partial charge in [0.1, 0.15) is 0 Å². The van der Waals surface area contributed by atoms with Crippen LogP contribution in [0.3, 0.4) is 0 Å². The topological polar surface area (TPSA) is 39.4 Å². The maximum Gasteiger partial charge on any atom is 0.236 e. The summed E-state index contributed by atoms with van der Waals surface area (Å²) in [5.41, 5.74) is 1.59. The lowest BCUT2D eigenvalue weighted by Crippen LogP contribution is -2.34. The molecule has 1 aliphatic rings. The van der Waals surface area contributed by atoms with E-state index >= 15 is 0 Å². The van der Waals surface area contributed by atoms with Crippen LogP contribution in [0.15, 0.2) is 29.3 Å². The number of aromatic nitrogens is 2. The van der Waals surface area contributed by atoms with E-state index in [1.165, 1.54) is 0 Å². The fourth-order valence-electron chi connectivity index (χ4n) is 2.24. The highest BCUT2D eigenvalue weighted by Crippen LogP contribution is 2.34. The van der Waals surface area contributed by atoms with Gasteiger partial charge < -0.3 is 4.74 Å². The first-order chi connectivity index (χ1) is 8.12. The predicted octanol–water partition coefficient (Wildman–Crippen LogP) is 3.20. The van der Waals surface area contributed by atoms with Crippen molar-refractivity contribution in [1.29, 1.82) is 0 Å². The average molecular weight is 229 g/mol. The SMILES string of the molecule is CCC1=Nc2nc3ccccc3n2C(C)(C)O1. The van der Waals surface area contributed by atoms with Gasteiger partial charge in [-0.15, -0.1) is 0 Å². The predicted molar refractivity (Wildman–Crippen MR) is 67.5 cm³/mol. The molecule has 0 saturated heterocycles. The summed E-state index contributed by atoms with van der Waals surface area (Å²) in [5, 5.41) is 0. The van der Waals surface area contributed by atoms with Crippen LogP contribution in [-0.4, -0.2) is 15.4 Å². The third-order valence-electron chi connectivity index (χ3n) is 2.98. The number of ether oxygens (including phenoxy) is 1. The van der Waals surface area contributed by atoms with Crippen LogP contribution < -0.4 is 0 Å². The molecular weight excluding hydrogens is 214 g/mol. The average Bonchev–Trinajstić information content (AvgIpc) is 2.66. The molecule has 0 N–H and O–H groups in total. The maximum atomic E-state index is 5.89. The number of aliphatic imine (C=N–C) groups is 1. The Balaban J connectivity index is 2.34. The molecule has 2 heterocycles. The third-order valence-corrected chi connectivity index (χ3v) is 2.98. The second-order valence-electron chi connectivity index (χ2n) is 4.64. The molecule has 0 unspecified atom stereocenters. The van der Waals surface area contributed by atoms with Crippen LogP contribution in [0, 0.1) is 0 Å². The molecule has 0 aliphatic carbocycles. The highest BCUT2D eigenvalue weighted by atomic mass is 16.5. The van der Waals surface area contributed by atoms with Crippen LogP contribution in [0.1, 0.15) is 27.2 Å². The quantitative estimate of drug-likeness (QED) is 0.753. The van der Waals surface area contributed by atoms with Gasteiger partial charge in [0.15, 0.2) is 11.6 Å². The Morgan fingerprint density at radius 1 is 1.29 bits per heavy atom. The van der Waals surface area contributed by atoms with Crippen LogP contribution >= 0.6 is 0 Å². The van der Waals surface area contributed by atoms with E-state index in [1.54, 1.807) is 0 Å². The second kappa shape index (κ2) is 3.32. The molecule has 4 nitrogen and oxygen atoms in total. The summed E-state index contributed by atoms with van der Waals surface area (Å²) < 4.78 is 7.93. The number of para-hydroxylation sites is 2. The van der Waals surface area contributed by atoms with Crippen LogP contribution in [-0.2, 0) is 10.5 Å². The van der Waals surface area contributed by atoms with Gasteiger partial charge in [-0.1, -0.05) is 19.1 Å². The molecule has 0 saturated carbocycles. The first-order valence-corrected chi connectivity index (χ1v) is 5.86. The van der Waals surface area contributed by atoms with E-state index in [-0.39, 0.29) is 0 Å². The van der Waals surface area contributed by atoms with E-state index < -0.39 is 5.72 Å². The minimum atomic E-state index is -0.432. The molecule has 0 fully saturated rings. The largest absolute Gasteiger partial charge is 0.455 e. The summed E-state index contributed by atoms with van der Waals surface area (Å²) in [6, 6.07) is 8.04. The summed E-state index contributed by atoms with van der Waals surface area (Å²) in [7, 11) is 0. The molecule has 0 atom stereocenters. The van der Waals surface area contributed by atoms with E-state index in [0.29, 0.717) is 0 Å². The normalized spacial score (nSPS) is 17.5. The molecule has 88 valence electrons. The molecular formula is C13H15N3O. The van der Waals surface area contributed by atoms with Gasteiger partial charge in [0, 0.05) is 6.42 Å². The summed E-state index contributed by atoms with van der Waals surface area (Å²) in [6.45, 7) is 6.11. The van der Waals surface area contributed by atoms with Gasteiger partial charge in [0.05, 0.1) is 11.0 Å². The van der Waals surface area contributed by atoms with Gasteiger partial charge in [-0.05, 0) is 26.0 Å². The Kier molecular flexibility index (Phi) is 2.02. The summed E-state index contributed by atoms with van der Waals surface area (Å²) >= 11 is 0.